The first-order valence-corrected chi connectivity index (χ1v) is 6.79. The van der Waals surface area contributed by atoms with Crippen LogP contribution < -0.4 is 0 Å². The van der Waals surface area contributed by atoms with Gasteiger partial charge in [-0.25, -0.2) is 0 Å². The summed E-state index contributed by atoms with van der Waals surface area (Å²) in [5.74, 6) is 1.99. The molecule has 0 radical (unpaired) electrons. The molecule has 0 aliphatic rings. The fourth-order valence-corrected chi connectivity index (χ4v) is 2.76. The lowest BCUT2D eigenvalue weighted by atomic mass is 10.0. The van der Waals surface area contributed by atoms with Crippen LogP contribution in [0.25, 0.3) is 11.0 Å². The van der Waals surface area contributed by atoms with Gasteiger partial charge >= 0.3 is 0 Å². The molecular formula is C16H15ClO3. The molecule has 3 nitrogen and oxygen atoms in total. The number of benzene rings is 1. The lowest BCUT2D eigenvalue weighted by molar-refractivity contribution is 0.189. The van der Waals surface area contributed by atoms with Gasteiger partial charge in [-0.15, -0.1) is 0 Å². The van der Waals surface area contributed by atoms with Crippen molar-refractivity contribution in [2.45, 2.75) is 26.9 Å². The second kappa shape index (κ2) is 4.69. The van der Waals surface area contributed by atoms with E-state index in [0.717, 1.165) is 22.3 Å². The molecule has 2 heterocycles. The van der Waals surface area contributed by atoms with Crippen molar-refractivity contribution in [3.63, 3.8) is 0 Å². The molecule has 0 spiro atoms. The van der Waals surface area contributed by atoms with Crippen molar-refractivity contribution >= 4 is 22.6 Å². The van der Waals surface area contributed by atoms with E-state index in [9.17, 15) is 5.11 Å². The Labute approximate surface area is 121 Å². The summed E-state index contributed by atoms with van der Waals surface area (Å²) in [5.41, 5.74) is 2.30. The summed E-state index contributed by atoms with van der Waals surface area (Å²) >= 11 is 6.09. The Hall–Kier alpha value is -1.71. The first-order valence-electron chi connectivity index (χ1n) is 6.41. The highest BCUT2D eigenvalue weighted by molar-refractivity contribution is 6.34. The second-order valence-corrected chi connectivity index (χ2v) is 5.37. The molecule has 0 saturated carbocycles. The molecule has 1 atom stereocenters. The van der Waals surface area contributed by atoms with Gasteiger partial charge in [0.05, 0.1) is 5.02 Å². The number of para-hydroxylation sites is 1. The number of hydrogen-bond acceptors (Lipinski definition) is 3. The average molecular weight is 291 g/mol. The van der Waals surface area contributed by atoms with Gasteiger partial charge in [0.1, 0.15) is 23.4 Å². The van der Waals surface area contributed by atoms with Crippen molar-refractivity contribution < 1.29 is 13.9 Å². The first kappa shape index (κ1) is 13.3. The quantitative estimate of drug-likeness (QED) is 0.745. The number of rotatable bonds is 2. The molecule has 0 saturated heterocycles. The smallest absolute Gasteiger partial charge is 0.153 e. The maximum Gasteiger partial charge on any atom is 0.153 e. The Bertz CT molecular complexity index is 782. The largest absolute Gasteiger partial charge is 0.466 e. The van der Waals surface area contributed by atoms with Crippen molar-refractivity contribution in [2.75, 3.05) is 0 Å². The Morgan fingerprint density at radius 1 is 1.10 bits per heavy atom. The minimum atomic E-state index is -0.851. The fraction of sp³-hybridized carbons (Fsp3) is 0.250. The minimum Gasteiger partial charge on any atom is -0.466 e. The van der Waals surface area contributed by atoms with Crippen LogP contribution in [-0.4, -0.2) is 5.11 Å². The van der Waals surface area contributed by atoms with Crippen molar-refractivity contribution in [3.8, 4) is 0 Å². The van der Waals surface area contributed by atoms with E-state index in [1.807, 2.05) is 39.0 Å². The predicted molar refractivity (Wildman–Crippen MR) is 78.2 cm³/mol. The van der Waals surface area contributed by atoms with Gasteiger partial charge in [0.2, 0.25) is 0 Å². The van der Waals surface area contributed by atoms with E-state index in [4.69, 9.17) is 20.4 Å². The molecule has 20 heavy (non-hydrogen) atoms. The van der Waals surface area contributed by atoms with E-state index in [1.165, 1.54) is 0 Å². The molecule has 104 valence electrons. The van der Waals surface area contributed by atoms with Crippen molar-refractivity contribution in [1.29, 1.82) is 0 Å². The molecule has 0 aliphatic carbocycles. The third-order valence-electron chi connectivity index (χ3n) is 3.68. The molecule has 1 aromatic carbocycles. The van der Waals surface area contributed by atoms with Crippen molar-refractivity contribution in [1.82, 2.24) is 0 Å². The SMILES string of the molecule is Cc1oc(C)c(C(O)c2cc3cccc(Cl)c3o2)c1C. The molecular weight excluding hydrogens is 276 g/mol. The third kappa shape index (κ3) is 1.94. The zero-order valence-corrected chi connectivity index (χ0v) is 12.3. The highest BCUT2D eigenvalue weighted by atomic mass is 35.5. The van der Waals surface area contributed by atoms with E-state index in [-0.39, 0.29) is 0 Å². The molecule has 2 aromatic heterocycles. The molecule has 3 rings (SSSR count). The van der Waals surface area contributed by atoms with E-state index in [0.29, 0.717) is 22.1 Å². The van der Waals surface area contributed by atoms with E-state index < -0.39 is 6.10 Å². The van der Waals surface area contributed by atoms with Crippen LogP contribution in [-0.2, 0) is 0 Å². The molecule has 1 unspecified atom stereocenters. The van der Waals surface area contributed by atoms with Crippen LogP contribution in [0.4, 0.5) is 0 Å². The van der Waals surface area contributed by atoms with Gasteiger partial charge < -0.3 is 13.9 Å². The molecule has 0 bridgehead atoms. The highest BCUT2D eigenvalue weighted by Crippen LogP contribution is 2.35. The molecule has 4 heteroatoms. The summed E-state index contributed by atoms with van der Waals surface area (Å²) in [6, 6.07) is 7.34. The molecule has 3 aromatic rings. The Balaban J connectivity index is 2.13. The lowest BCUT2D eigenvalue weighted by Crippen LogP contribution is -2.00. The monoisotopic (exact) mass is 290 g/mol. The summed E-state index contributed by atoms with van der Waals surface area (Å²) in [6.07, 6.45) is -0.851. The fourth-order valence-electron chi connectivity index (χ4n) is 2.54. The molecule has 0 aliphatic heterocycles. The van der Waals surface area contributed by atoms with Crippen LogP contribution in [0.15, 0.2) is 33.1 Å². The maximum atomic E-state index is 10.6. The number of hydrogen-bond donors (Lipinski definition) is 1. The second-order valence-electron chi connectivity index (χ2n) is 4.96. The summed E-state index contributed by atoms with van der Waals surface area (Å²) in [5, 5.41) is 12.0. The van der Waals surface area contributed by atoms with Crippen LogP contribution in [0.1, 0.15) is 34.5 Å². The zero-order valence-electron chi connectivity index (χ0n) is 11.5. The third-order valence-corrected chi connectivity index (χ3v) is 3.97. The first-order chi connectivity index (χ1) is 9.49. The van der Waals surface area contributed by atoms with E-state index in [1.54, 1.807) is 6.07 Å². The zero-order chi connectivity index (χ0) is 14.4. The molecule has 0 amide bonds. The number of furan rings is 2. The predicted octanol–water partition coefficient (Wildman–Crippen LogP) is 4.69. The van der Waals surface area contributed by atoms with Gasteiger partial charge in [0.15, 0.2) is 5.58 Å². The standard InChI is InChI=1S/C16H15ClO3/c1-8-9(2)19-10(3)14(8)15(18)13-7-11-5-4-6-12(17)16(11)20-13/h4-7,15,18H,1-3H3. The molecule has 0 fully saturated rings. The van der Waals surface area contributed by atoms with Crippen molar-refractivity contribution in [2.24, 2.45) is 0 Å². The summed E-state index contributed by atoms with van der Waals surface area (Å²) in [6.45, 7) is 5.66. The van der Waals surface area contributed by atoms with Gasteiger partial charge in [-0.05, 0) is 38.5 Å². The van der Waals surface area contributed by atoms with Crippen LogP contribution >= 0.6 is 11.6 Å². The van der Waals surface area contributed by atoms with E-state index >= 15 is 0 Å². The van der Waals surface area contributed by atoms with Crippen LogP contribution in [0, 0.1) is 20.8 Å². The Morgan fingerprint density at radius 3 is 2.45 bits per heavy atom. The minimum absolute atomic E-state index is 0.472. The lowest BCUT2D eigenvalue weighted by Gasteiger charge is -2.07. The van der Waals surface area contributed by atoms with Crippen molar-refractivity contribution in [3.05, 3.63) is 57.7 Å². The number of aliphatic hydroxyl groups excluding tert-OH is 1. The number of fused-ring (bicyclic) bond motifs is 1. The summed E-state index contributed by atoms with van der Waals surface area (Å²) in [4.78, 5) is 0. The number of aryl methyl sites for hydroxylation is 2. The van der Waals surface area contributed by atoms with Gasteiger partial charge in [0, 0.05) is 10.9 Å². The van der Waals surface area contributed by atoms with Crippen LogP contribution in [0.5, 0.6) is 0 Å². The molecule has 1 N–H and O–H groups in total. The van der Waals surface area contributed by atoms with Crippen LogP contribution in [0.2, 0.25) is 5.02 Å². The number of halogens is 1. The topological polar surface area (TPSA) is 46.5 Å². The Morgan fingerprint density at radius 2 is 1.85 bits per heavy atom. The summed E-state index contributed by atoms with van der Waals surface area (Å²) in [7, 11) is 0. The average Bonchev–Trinajstić information content (AvgIpc) is 2.93. The summed E-state index contributed by atoms with van der Waals surface area (Å²) < 4.78 is 11.3. The highest BCUT2D eigenvalue weighted by Gasteiger charge is 2.23. The Kier molecular flexibility index (Phi) is 3.11. The maximum absolute atomic E-state index is 10.6. The van der Waals surface area contributed by atoms with Gasteiger partial charge in [0.25, 0.3) is 0 Å². The van der Waals surface area contributed by atoms with Gasteiger partial charge in [-0.3, -0.25) is 0 Å². The van der Waals surface area contributed by atoms with Gasteiger partial charge in [-0.2, -0.15) is 0 Å². The number of aliphatic hydroxyl groups is 1. The van der Waals surface area contributed by atoms with Crippen LogP contribution in [0.3, 0.4) is 0 Å². The van der Waals surface area contributed by atoms with E-state index in [2.05, 4.69) is 0 Å². The normalized spacial score (nSPS) is 13.1. The van der Waals surface area contributed by atoms with Gasteiger partial charge in [-0.1, -0.05) is 23.7 Å².